The largest absolute Gasteiger partial charge is 0.468 e. The monoisotopic (exact) mass is 283 g/mol. The highest BCUT2D eigenvalue weighted by molar-refractivity contribution is 5.82. The second kappa shape index (κ2) is 5.46. The number of hydrogen-bond donors (Lipinski definition) is 0. The Bertz CT molecular complexity index is 424. The zero-order chi connectivity index (χ0) is 15.7. The van der Waals surface area contributed by atoms with Gasteiger partial charge in [-0.25, -0.2) is 4.79 Å². The molecule has 1 heterocycles. The zero-order valence-electron chi connectivity index (χ0n) is 13.3. The molecule has 5 nitrogen and oxygen atoms in total. The number of amides is 1. The molecule has 1 amide bonds. The van der Waals surface area contributed by atoms with E-state index >= 15 is 0 Å². The van der Waals surface area contributed by atoms with Crippen LogP contribution >= 0.6 is 0 Å². The summed E-state index contributed by atoms with van der Waals surface area (Å²) in [5.74, 6) is -0.372. The zero-order valence-corrected chi connectivity index (χ0v) is 13.3. The Labute approximate surface area is 120 Å². The van der Waals surface area contributed by atoms with E-state index < -0.39 is 17.1 Å². The number of nitrogens with zero attached hydrogens (tertiary/aromatic N) is 1. The van der Waals surface area contributed by atoms with Crippen molar-refractivity contribution in [3.05, 3.63) is 12.2 Å². The van der Waals surface area contributed by atoms with E-state index in [1.54, 1.807) is 11.8 Å². The Kier molecular flexibility index (Phi) is 4.52. The third kappa shape index (κ3) is 3.32. The third-order valence-corrected chi connectivity index (χ3v) is 3.60. The molecule has 0 bridgehead atoms. The first-order valence-corrected chi connectivity index (χ1v) is 6.77. The molecule has 1 fully saturated rings. The van der Waals surface area contributed by atoms with Crippen molar-refractivity contribution < 1.29 is 19.1 Å². The minimum absolute atomic E-state index is 0.0462. The Hall–Kier alpha value is -1.52. The molecule has 1 aliphatic heterocycles. The van der Waals surface area contributed by atoms with Gasteiger partial charge in [-0.15, -0.1) is 0 Å². The quantitative estimate of drug-likeness (QED) is 0.548. The molecular weight excluding hydrogens is 258 g/mol. The summed E-state index contributed by atoms with van der Waals surface area (Å²) in [6.07, 6.45) is 0.151. The number of methoxy groups -OCH3 is 1. The van der Waals surface area contributed by atoms with Crippen molar-refractivity contribution in [1.82, 2.24) is 4.90 Å². The van der Waals surface area contributed by atoms with Gasteiger partial charge in [0.2, 0.25) is 0 Å². The molecular formula is C15H25NO4. The molecule has 1 aliphatic rings. The normalized spacial score (nSPS) is 27.2. The van der Waals surface area contributed by atoms with Gasteiger partial charge in [-0.2, -0.15) is 0 Å². The van der Waals surface area contributed by atoms with Crippen LogP contribution in [-0.4, -0.2) is 42.3 Å². The summed E-state index contributed by atoms with van der Waals surface area (Å²) in [4.78, 5) is 25.8. The molecule has 0 aliphatic carbocycles. The van der Waals surface area contributed by atoms with Gasteiger partial charge in [-0.1, -0.05) is 12.2 Å². The maximum absolute atomic E-state index is 12.3. The Balaban J connectivity index is 2.96. The number of rotatable bonds is 1. The van der Waals surface area contributed by atoms with Crippen LogP contribution in [0.4, 0.5) is 4.79 Å². The van der Waals surface area contributed by atoms with Crippen molar-refractivity contribution in [3.63, 3.8) is 0 Å². The van der Waals surface area contributed by atoms with Crippen LogP contribution in [0.25, 0.3) is 0 Å². The lowest BCUT2D eigenvalue weighted by Crippen LogP contribution is -2.54. The molecule has 0 unspecified atom stereocenters. The fraction of sp³-hybridized carbons (Fsp3) is 0.733. The molecule has 2 atom stereocenters. The van der Waals surface area contributed by atoms with Gasteiger partial charge in [0.25, 0.3) is 0 Å². The van der Waals surface area contributed by atoms with Gasteiger partial charge in [-0.3, -0.25) is 4.79 Å². The third-order valence-electron chi connectivity index (χ3n) is 3.60. The molecule has 0 saturated carbocycles. The fourth-order valence-electron chi connectivity index (χ4n) is 2.30. The van der Waals surface area contributed by atoms with Gasteiger partial charge in [0.1, 0.15) is 11.0 Å². The smallest absolute Gasteiger partial charge is 0.410 e. The molecule has 20 heavy (non-hydrogen) atoms. The number of carbonyl (C=O) groups is 2. The van der Waals surface area contributed by atoms with Gasteiger partial charge in [-0.05, 0) is 41.0 Å². The van der Waals surface area contributed by atoms with Gasteiger partial charge >= 0.3 is 12.1 Å². The Morgan fingerprint density at radius 1 is 1.40 bits per heavy atom. The summed E-state index contributed by atoms with van der Waals surface area (Å²) in [6, 6.07) is -0.0462. The highest BCUT2D eigenvalue weighted by Gasteiger charge is 2.46. The van der Waals surface area contributed by atoms with E-state index in [4.69, 9.17) is 9.47 Å². The topological polar surface area (TPSA) is 55.8 Å². The maximum atomic E-state index is 12.3. The first-order chi connectivity index (χ1) is 9.01. The predicted octanol–water partition coefficient (Wildman–Crippen LogP) is 2.75. The van der Waals surface area contributed by atoms with Crippen molar-refractivity contribution in [2.45, 2.75) is 52.7 Å². The molecule has 0 aromatic carbocycles. The van der Waals surface area contributed by atoms with E-state index in [0.717, 1.165) is 5.57 Å². The number of piperidine rings is 1. The molecule has 1 rings (SSSR count). The lowest BCUT2D eigenvalue weighted by molar-refractivity contribution is -0.151. The van der Waals surface area contributed by atoms with Gasteiger partial charge in [0, 0.05) is 12.6 Å². The molecule has 0 N–H and O–H groups in total. The fourth-order valence-corrected chi connectivity index (χ4v) is 2.30. The van der Waals surface area contributed by atoms with E-state index in [0.29, 0.717) is 6.42 Å². The standard InChI is InChI=1S/C15H25NO4/c1-10-8-11(2)16(13(18)20-14(3,4)5)9-15(10,6)12(17)19-7/h11H,1,8-9H2,2-7H3/t11-,15-/m1/s1. The van der Waals surface area contributed by atoms with Crippen molar-refractivity contribution in [1.29, 1.82) is 0 Å². The maximum Gasteiger partial charge on any atom is 0.410 e. The second-order valence-corrected chi connectivity index (χ2v) is 6.59. The molecule has 0 radical (unpaired) electrons. The van der Waals surface area contributed by atoms with Crippen LogP contribution in [0, 0.1) is 5.41 Å². The van der Waals surface area contributed by atoms with Crippen LogP contribution in [0.15, 0.2) is 12.2 Å². The minimum Gasteiger partial charge on any atom is -0.468 e. The first kappa shape index (κ1) is 16.5. The molecule has 0 aromatic heterocycles. The van der Waals surface area contributed by atoms with Crippen molar-refractivity contribution in [2.24, 2.45) is 5.41 Å². The molecule has 0 spiro atoms. The van der Waals surface area contributed by atoms with E-state index in [2.05, 4.69) is 6.58 Å². The summed E-state index contributed by atoms with van der Waals surface area (Å²) < 4.78 is 10.2. The second-order valence-electron chi connectivity index (χ2n) is 6.59. The average Bonchev–Trinajstić information content (AvgIpc) is 2.30. The number of likely N-dealkylation sites (tertiary alicyclic amines) is 1. The summed E-state index contributed by atoms with van der Waals surface area (Å²) in [5.41, 5.74) is -0.651. The van der Waals surface area contributed by atoms with E-state index in [1.165, 1.54) is 7.11 Å². The van der Waals surface area contributed by atoms with Crippen LogP contribution in [-0.2, 0) is 14.3 Å². The van der Waals surface area contributed by atoms with E-state index in [9.17, 15) is 9.59 Å². The van der Waals surface area contributed by atoms with Gasteiger partial charge < -0.3 is 14.4 Å². The highest BCUT2D eigenvalue weighted by Crippen LogP contribution is 2.38. The lowest BCUT2D eigenvalue weighted by atomic mass is 9.76. The van der Waals surface area contributed by atoms with Crippen LogP contribution in [0.1, 0.15) is 41.0 Å². The highest BCUT2D eigenvalue weighted by atomic mass is 16.6. The van der Waals surface area contributed by atoms with E-state index in [-0.39, 0.29) is 18.6 Å². The van der Waals surface area contributed by atoms with Gasteiger partial charge in [0.15, 0.2) is 0 Å². The minimum atomic E-state index is -0.877. The SMILES string of the molecule is C=C1C[C@@H](C)N(C(=O)OC(C)(C)C)C[C@@]1(C)C(=O)OC. The number of esters is 1. The predicted molar refractivity (Wildman–Crippen MR) is 76.3 cm³/mol. The Morgan fingerprint density at radius 2 is 1.95 bits per heavy atom. The number of ether oxygens (including phenoxy) is 2. The van der Waals surface area contributed by atoms with Crippen LogP contribution in [0.3, 0.4) is 0 Å². The molecule has 114 valence electrons. The summed E-state index contributed by atoms with van der Waals surface area (Å²) in [7, 11) is 1.34. The van der Waals surface area contributed by atoms with Crippen molar-refractivity contribution in [2.75, 3.05) is 13.7 Å². The summed E-state index contributed by atoms with van der Waals surface area (Å²) in [5, 5.41) is 0. The molecule has 0 aromatic rings. The van der Waals surface area contributed by atoms with Crippen LogP contribution in [0.5, 0.6) is 0 Å². The van der Waals surface area contributed by atoms with Crippen LogP contribution < -0.4 is 0 Å². The van der Waals surface area contributed by atoms with E-state index in [1.807, 2.05) is 27.7 Å². The van der Waals surface area contributed by atoms with Gasteiger partial charge in [0.05, 0.1) is 7.11 Å². The summed E-state index contributed by atoms with van der Waals surface area (Å²) >= 11 is 0. The molecule has 5 heteroatoms. The summed E-state index contributed by atoms with van der Waals surface area (Å²) in [6.45, 7) is 13.3. The molecule has 1 saturated heterocycles. The van der Waals surface area contributed by atoms with Crippen LogP contribution in [0.2, 0.25) is 0 Å². The van der Waals surface area contributed by atoms with Crippen molar-refractivity contribution in [3.8, 4) is 0 Å². The number of hydrogen-bond acceptors (Lipinski definition) is 4. The average molecular weight is 283 g/mol. The number of carbonyl (C=O) groups excluding carboxylic acids is 2. The lowest BCUT2D eigenvalue weighted by Gasteiger charge is -2.44. The Morgan fingerprint density at radius 3 is 2.40 bits per heavy atom. The van der Waals surface area contributed by atoms with Crippen molar-refractivity contribution >= 4 is 12.1 Å². The first-order valence-electron chi connectivity index (χ1n) is 6.77.